The number of carboxylic acid groups (broad SMARTS) is 1. The highest BCUT2D eigenvalue weighted by Crippen LogP contribution is 2.44. The molecule has 0 fully saturated rings. The number of carboxylic acids is 1. The van der Waals surface area contributed by atoms with Crippen LogP contribution >= 0.6 is 0 Å². The number of nitrogens with zero attached hydrogens (tertiary/aromatic N) is 2. The summed E-state index contributed by atoms with van der Waals surface area (Å²) in [5, 5.41) is 18.2. The predicted molar refractivity (Wildman–Crippen MR) is 152 cm³/mol. The first-order valence-corrected chi connectivity index (χ1v) is 13.2. The number of ether oxygens (including phenoxy) is 2. The van der Waals surface area contributed by atoms with Gasteiger partial charge in [0.1, 0.15) is 24.8 Å². The van der Waals surface area contributed by atoms with Crippen LogP contribution in [0.1, 0.15) is 39.4 Å². The number of aromatic carboxylic acids is 1. The van der Waals surface area contributed by atoms with Gasteiger partial charge in [0, 0.05) is 19.2 Å². The molecule has 0 saturated heterocycles. The van der Waals surface area contributed by atoms with Gasteiger partial charge < -0.3 is 25.2 Å². The van der Waals surface area contributed by atoms with Gasteiger partial charge in [-0.3, -0.25) is 14.3 Å². The van der Waals surface area contributed by atoms with Crippen LogP contribution in [-0.4, -0.2) is 51.5 Å². The first kappa shape index (κ1) is 28.1. The standard InChI is InChI=1S/C31H28N4O7/c1-35-16-24(30(38)39)28(34-35)33-29(37)26(15-27(36)41-17-19-9-3-2-4-10-19)32-31(40)42-18-25-22-13-7-5-11-20(22)21-12-6-8-14-23(21)25/h2-14,16,25-26H,15,17-18H2,1H3,(H,32,40)(H,38,39)(H,33,34,37)/t26-/m0/s1. The van der Waals surface area contributed by atoms with Crippen LogP contribution in [0.3, 0.4) is 0 Å². The molecule has 0 saturated carbocycles. The minimum Gasteiger partial charge on any atom is -0.477 e. The second-order valence-corrected chi connectivity index (χ2v) is 9.73. The monoisotopic (exact) mass is 568 g/mol. The lowest BCUT2D eigenvalue weighted by Gasteiger charge is -2.19. The molecule has 1 atom stereocenters. The molecule has 0 aliphatic heterocycles. The summed E-state index contributed by atoms with van der Waals surface area (Å²) in [6, 6.07) is 23.3. The fourth-order valence-electron chi connectivity index (χ4n) is 4.90. The molecule has 0 unspecified atom stereocenters. The molecule has 0 spiro atoms. The van der Waals surface area contributed by atoms with Gasteiger partial charge in [0.05, 0.1) is 6.42 Å². The minimum atomic E-state index is -1.44. The van der Waals surface area contributed by atoms with Crippen molar-refractivity contribution in [1.82, 2.24) is 15.1 Å². The SMILES string of the molecule is Cn1cc(C(=O)O)c(NC(=O)[C@H](CC(=O)OCc2ccccc2)NC(=O)OCC2c3ccccc3-c3ccccc32)n1. The maximum absolute atomic E-state index is 13.2. The van der Waals surface area contributed by atoms with Gasteiger partial charge in [-0.25, -0.2) is 9.59 Å². The number of hydrogen-bond acceptors (Lipinski definition) is 7. The largest absolute Gasteiger partial charge is 0.477 e. The molecule has 214 valence electrons. The van der Waals surface area contributed by atoms with Gasteiger partial charge in [0.25, 0.3) is 0 Å². The molecule has 1 aliphatic carbocycles. The Morgan fingerprint density at radius 3 is 2.17 bits per heavy atom. The van der Waals surface area contributed by atoms with Crippen LogP contribution in [0.2, 0.25) is 0 Å². The van der Waals surface area contributed by atoms with E-state index < -0.39 is 36.4 Å². The Morgan fingerprint density at radius 2 is 1.52 bits per heavy atom. The van der Waals surface area contributed by atoms with Gasteiger partial charge in [0.15, 0.2) is 5.82 Å². The number of nitrogens with one attached hydrogen (secondary N) is 2. The fraction of sp³-hybridized carbons (Fsp3) is 0.194. The molecule has 1 aliphatic rings. The number of aryl methyl sites for hydroxylation is 1. The Hall–Kier alpha value is -5.45. The van der Waals surface area contributed by atoms with E-state index in [4.69, 9.17) is 9.47 Å². The molecule has 5 rings (SSSR count). The topological polar surface area (TPSA) is 149 Å². The number of hydrogen-bond donors (Lipinski definition) is 3. The first-order chi connectivity index (χ1) is 20.3. The van der Waals surface area contributed by atoms with Crippen LogP contribution in [-0.2, 0) is 32.7 Å². The molecule has 3 N–H and O–H groups in total. The number of benzene rings is 3. The molecule has 1 heterocycles. The van der Waals surface area contributed by atoms with Crippen molar-refractivity contribution >= 4 is 29.8 Å². The Kier molecular flexibility index (Phi) is 8.28. The van der Waals surface area contributed by atoms with Crippen molar-refractivity contribution in [2.75, 3.05) is 11.9 Å². The van der Waals surface area contributed by atoms with E-state index in [0.717, 1.165) is 27.8 Å². The summed E-state index contributed by atoms with van der Waals surface area (Å²) >= 11 is 0. The van der Waals surface area contributed by atoms with Gasteiger partial charge in [0.2, 0.25) is 5.91 Å². The van der Waals surface area contributed by atoms with E-state index in [2.05, 4.69) is 15.7 Å². The van der Waals surface area contributed by atoms with Crippen LogP contribution in [0.25, 0.3) is 11.1 Å². The summed E-state index contributed by atoms with van der Waals surface area (Å²) in [6.45, 7) is -0.0293. The lowest BCUT2D eigenvalue weighted by Crippen LogP contribution is -2.46. The average Bonchev–Trinajstić information content (AvgIpc) is 3.52. The highest BCUT2D eigenvalue weighted by Gasteiger charge is 2.31. The molecule has 0 bridgehead atoms. The van der Waals surface area contributed by atoms with Crippen molar-refractivity contribution in [3.05, 3.63) is 107 Å². The van der Waals surface area contributed by atoms with Gasteiger partial charge in [-0.15, -0.1) is 0 Å². The molecular weight excluding hydrogens is 540 g/mol. The molecule has 2 amide bonds. The third kappa shape index (κ3) is 6.30. The summed E-state index contributed by atoms with van der Waals surface area (Å²) < 4.78 is 12.1. The maximum atomic E-state index is 13.2. The van der Waals surface area contributed by atoms with E-state index in [1.807, 2.05) is 54.6 Å². The van der Waals surface area contributed by atoms with Crippen molar-refractivity contribution in [1.29, 1.82) is 0 Å². The van der Waals surface area contributed by atoms with Crippen molar-refractivity contribution in [3.63, 3.8) is 0 Å². The average molecular weight is 569 g/mol. The van der Waals surface area contributed by atoms with E-state index >= 15 is 0 Å². The predicted octanol–water partition coefficient (Wildman–Crippen LogP) is 4.10. The van der Waals surface area contributed by atoms with E-state index in [9.17, 15) is 24.3 Å². The Morgan fingerprint density at radius 1 is 0.905 bits per heavy atom. The summed E-state index contributed by atoms with van der Waals surface area (Å²) in [6.07, 6.45) is -0.231. The molecule has 1 aromatic heterocycles. The molecule has 3 aromatic carbocycles. The van der Waals surface area contributed by atoms with Crippen LogP contribution < -0.4 is 10.6 Å². The summed E-state index contributed by atoms with van der Waals surface area (Å²) in [5.74, 6) is -3.36. The Balaban J connectivity index is 1.28. The lowest BCUT2D eigenvalue weighted by molar-refractivity contribution is -0.146. The third-order valence-electron chi connectivity index (χ3n) is 6.87. The van der Waals surface area contributed by atoms with E-state index in [1.165, 1.54) is 17.9 Å². The van der Waals surface area contributed by atoms with Gasteiger partial charge in [-0.05, 0) is 27.8 Å². The Bertz CT molecular complexity index is 1590. The number of rotatable bonds is 10. The zero-order valence-corrected chi connectivity index (χ0v) is 22.7. The van der Waals surface area contributed by atoms with E-state index in [-0.39, 0.29) is 30.5 Å². The van der Waals surface area contributed by atoms with Gasteiger partial charge >= 0.3 is 18.0 Å². The summed E-state index contributed by atoms with van der Waals surface area (Å²) in [5.41, 5.74) is 4.65. The van der Waals surface area contributed by atoms with Crippen LogP contribution in [0.4, 0.5) is 10.6 Å². The molecule has 11 heteroatoms. The highest BCUT2D eigenvalue weighted by molar-refractivity contribution is 6.02. The van der Waals surface area contributed by atoms with Gasteiger partial charge in [-0.1, -0.05) is 78.9 Å². The second kappa shape index (κ2) is 12.4. The molecule has 42 heavy (non-hydrogen) atoms. The van der Waals surface area contributed by atoms with Crippen molar-refractivity contribution < 1.29 is 33.8 Å². The number of carbonyl (C=O) groups is 4. The second-order valence-electron chi connectivity index (χ2n) is 9.73. The number of carbonyl (C=O) groups excluding carboxylic acids is 3. The Labute approximate surface area is 241 Å². The minimum absolute atomic E-state index is 0.00391. The number of alkyl carbamates (subject to hydrolysis) is 1. The van der Waals surface area contributed by atoms with Gasteiger partial charge in [-0.2, -0.15) is 5.10 Å². The molecule has 11 nitrogen and oxygen atoms in total. The summed E-state index contributed by atoms with van der Waals surface area (Å²) in [4.78, 5) is 50.4. The van der Waals surface area contributed by atoms with E-state index in [0.29, 0.717) is 0 Å². The number of aromatic nitrogens is 2. The van der Waals surface area contributed by atoms with Crippen LogP contribution in [0.15, 0.2) is 85.1 Å². The zero-order valence-electron chi connectivity index (χ0n) is 22.7. The number of fused-ring (bicyclic) bond motifs is 3. The number of esters is 1. The lowest BCUT2D eigenvalue weighted by atomic mass is 9.98. The first-order valence-electron chi connectivity index (χ1n) is 13.2. The molecule has 0 radical (unpaired) electrons. The van der Waals surface area contributed by atoms with Crippen molar-refractivity contribution in [2.24, 2.45) is 7.05 Å². The normalized spacial score (nSPS) is 12.5. The highest BCUT2D eigenvalue weighted by atomic mass is 16.5. The van der Waals surface area contributed by atoms with Crippen LogP contribution in [0, 0.1) is 0 Å². The van der Waals surface area contributed by atoms with Crippen molar-refractivity contribution in [2.45, 2.75) is 25.0 Å². The maximum Gasteiger partial charge on any atom is 0.407 e. The van der Waals surface area contributed by atoms with Crippen molar-refractivity contribution in [3.8, 4) is 11.1 Å². The van der Waals surface area contributed by atoms with Crippen LogP contribution in [0.5, 0.6) is 0 Å². The zero-order chi connectivity index (χ0) is 29.6. The number of anilines is 1. The quantitative estimate of drug-likeness (QED) is 0.242. The summed E-state index contributed by atoms with van der Waals surface area (Å²) in [7, 11) is 1.50. The molecule has 4 aromatic rings. The number of amides is 2. The van der Waals surface area contributed by atoms with E-state index in [1.54, 1.807) is 24.3 Å². The third-order valence-corrected chi connectivity index (χ3v) is 6.87. The molecular formula is C31H28N4O7. The smallest absolute Gasteiger partial charge is 0.407 e. The fourth-order valence-corrected chi connectivity index (χ4v) is 4.90.